The maximum absolute atomic E-state index is 13.3. The number of amides is 1. The van der Waals surface area contributed by atoms with E-state index in [0.29, 0.717) is 18.4 Å². The molecule has 1 aliphatic rings. The van der Waals surface area contributed by atoms with E-state index in [4.69, 9.17) is 0 Å². The van der Waals surface area contributed by atoms with Crippen LogP contribution in [-0.2, 0) is 21.2 Å². The Morgan fingerprint density at radius 2 is 2.22 bits per heavy atom. The first-order valence-electron chi connectivity index (χ1n) is 8.84. The van der Waals surface area contributed by atoms with Gasteiger partial charge in [0.2, 0.25) is 11.7 Å². The number of tetrazole rings is 1. The van der Waals surface area contributed by atoms with Crippen molar-refractivity contribution in [3.05, 3.63) is 30.1 Å². The number of carbonyl (C=O) groups excluding carboxylic acids is 1. The summed E-state index contributed by atoms with van der Waals surface area (Å²) in [6, 6.07) is 5.38. The van der Waals surface area contributed by atoms with Crippen molar-refractivity contribution < 1.29 is 17.6 Å². The summed E-state index contributed by atoms with van der Waals surface area (Å²) in [4.78, 5) is 15.6. The zero-order valence-corrected chi connectivity index (χ0v) is 16.1. The lowest BCUT2D eigenvalue weighted by molar-refractivity contribution is -0.136. The molecule has 1 aromatic carbocycles. The number of hydrogen-bond donors (Lipinski definition) is 0. The van der Waals surface area contributed by atoms with Gasteiger partial charge < -0.3 is 4.90 Å². The summed E-state index contributed by atoms with van der Waals surface area (Å²) < 4.78 is 37.0. The van der Waals surface area contributed by atoms with Crippen LogP contribution < -0.4 is 0 Å². The molecule has 2 heterocycles. The van der Waals surface area contributed by atoms with Crippen LogP contribution in [0.4, 0.5) is 4.39 Å². The highest BCUT2D eigenvalue weighted by molar-refractivity contribution is 7.91. The highest BCUT2D eigenvalue weighted by Crippen LogP contribution is 2.22. The molecule has 146 valence electrons. The highest BCUT2D eigenvalue weighted by Gasteiger charge is 2.36. The second-order valence-corrected chi connectivity index (χ2v) is 9.00. The summed E-state index contributed by atoms with van der Waals surface area (Å²) in [5.41, 5.74) is 0.467. The van der Waals surface area contributed by atoms with E-state index in [1.807, 2.05) is 13.8 Å². The van der Waals surface area contributed by atoms with Gasteiger partial charge >= 0.3 is 0 Å². The van der Waals surface area contributed by atoms with Crippen molar-refractivity contribution in [1.29, 1.82) is 0 Å². The Hall–Kier alpha value is -2.36. The SMILES string of the molecule is CC[C@@H](C)N(C(=O)Cn1nnc(-c2cccc(F)c2)n1)[C@H]1CCS(=O)(=O)C1. The Morgan fingerprint density at radius 1 is 1.44 bits per heavy atom. The quantitative estimate of drug-likeness (QED) is 0.731. The first kappa shape index (κ1) is 19.4. The van der Waals surface area contributed by atoms with E-state index in [2.05, 4.69) is 15.4 Å². The first-order chi connectivity index (χ1) is 12.8. The first-order valence-corrected chi connectivity index (χ1v) is 10.7. The fourth-order valence-corrected chi connectivity index (χ4v) is 4.97. The largest absolute Gasteiger partial charge is 0.334 e. The van der Waals surface area contributed by atoms with Gasteiger partial charge in [-0.2, -0.15) is 4.80 Å². The minimum absolute atomic E-state index is 0.0115. The molecule has 0 unspecified atom stereocenters. The maximum Gasteiger partial charge on any atom is 0.246 e. The molecule has 1 saturated heterocycles. The molecule has 0 spiro atoms. The van der Waals surface area contributed by atoms with Gasteiger partial charge in [-0.3, -0.25) is 4.79 Å². The lowest BCUT2D eigenvalue weighted by Crippen LogP contribution is -2.48. The molecule has 0 aliphatic carbocycles. The molecule has 1 amide bonds. The molecule has 0 bridgehead atoms. The Morgan fingerprint density at radius 3 is 2.85 bits per heavy atom. The molecule has 10 heteroatoms. The molecule has 2 aromatic rings. The number of benzene rings is 1. The van der Waals surface area contributed by atoms with Crippen LogP contribution in [0.25, 0.3) is 11.4 Å². The van der Waals surface area contributed by atoms with E-state index in [0.717, 1.165) is 4.80 Å². The van der Waals surface area contributed by atoms with Gasteiger partial charge in [-0.15, -0.1) is 10.2 Å². The number of sulfone groups is 1. The van der Waals surface area contributed by atoms with Crippen LogP contribution >= 0.6 is 0 Å². The van der Waals surface area contributed by atoms with Gasteiger partial charge in [0.15, 0.2) is 9.84 Å². The molecule has 2 atom stereocenters. The van der Waals surface area contributed by atoms with Gasteiger partial charge in [0.1, 0.15) is 12.4 Å². The van der Waals surface area contributed by atoms with Crippen molar-refractivity contribution in [2.24, 2.45) is 0 Å². The number of rotatable bonds is 6. The van der Waals surface area contributed by atoms with Gasteiger partial charge in [0, 0.05) is 17.6 Å². The minimum Gasteiger partial charge on any atom is -0.334 e. The normalized spacial score (nSPS) is 19.7. The summed E-state index contributed by atoms with van der Waals surface area (Å²) in [6.07, 6.45) is 1.15. The van der Waals surface area contributed by atoms with E-state index in [9.17, 15) is 17.6 Å². The number of carbonyl (C=O) groups is 1. The second-order valence-electron chi connectivity index (χ2n) is 6.77. The molecule has 0 N–H and O–H groups in total. The number of halogens is 1. The van der Waals surface area contributed by atoms with Crippen molar-refractivity contribution in [1.82, 2.24) is 25.1 Å². The van der Waals surface area contributed by atoms with Crippen LogP contribution in [0.15, 0.2) is 24.3 Å². The van der Waals surface area contributed by atoms with Gasteiger partial charge in [-0.05, 0) is 37.1 Å². The Balaban J connectivity index is 1.76. The summed E-state index contributed by atoms with van der Waals surface area (Å²) in [6.45, 7) is 3.70. The fraction of sp³-hybridized carbons (Fsp3) is 0.529. The van der Waals surface area contributed by atoms with Crippen LogP contribution in [0.3, 0.4) is 0 Å². The summed E-state index contributed by atoms with van der Waals surface area (Å²) in [7, 11) is -3.10. The predicted molar refractivity (Wildman–Crippen MR) is 96.9 cm³/mol. The smallest absolute Gasteiger partial charge is 0.246 e. The Labute approximate surface area is 157 Å². The number of hydrogen-bond acceptors (Lipinski definition) is 6. The molecule has 1 fully saturated rings. The molecule has 27 heavy (non-hydrogen) atoms. The third kappa shape index (κ3) is 4.49. The zero-order valence-electron chi connectivity index (χ0n) is 15.2. The number of aromatic nitrogens is 4. The standard InChI is InChI=1S/C17H22FN5O3S/c1-3-12(2)23(15-7-8-27(25,26)11-15)16(24)10-22-20-17(19-21-22)13-5-4-6-14(18)9-13/h4-6,9,12,15H,3,7-8,10-11H2,1-2H3/t12-,15+/m1/s1. The predicted octanol–water partition coefficient (Wildman–Crippen LogP) is 1.29. The fourth-order valence-electron chi connectivity index (χ4n) is 3.26. The summed E-state index contributed by atoms with van der Waals surface area (Å²) in [5, 5.41) is 11.9. The average molecular weight is 395 g/mol. The van der Waals surface area contributed by atoms with E-state index >= 15 is 0 Å². The lowest BCUT2D eigenvalue weighted by atomic mass is 10.1. The zero-order chi connectivity index (χ0) is 19.6. The van der Waals surface area contributed by atoms with Crippen molar-refractivity contribution >= 4 is 15.7 Å². The van der Waals surface area contributed by atoms with Gasteiger partial charge in [0.05, 0.1) is 11.5 Å². The minimum atomic E-state index is -3.10. The molecule has 1 aliphatic heterocycles. The second kappa shape index (κ2) is 7.71. The van der Waals surface area contributed by atoms with E-state index in [1.165, 1.54) is 12.1 Å². The maximum atomic E-state index is 13.3. The van der Waals surface area contributed by atoms with E-state index in [-0.39, 0.29) is 41.9 Å². The average Bonchev–Trinajstić information content (AvgIpc) is 3.21. The molecule has 0 saturated carbocycles. The molecule has 1 aromatic heterocycles. The Kier molecular flexibility index (Phi) is 5.54. The van der Waals surface area contributed by atoms with Crippen LogP contribution in [0.5, 0.6) is 0 Å². The summed E-state index contributed by atoms with van der Waals surface area (Å²) in [5.74, 6) is -0.355. The van der Waals surface area contributed by atoms with Crippen LogP contribution in [0.2, 0.25) is 0 Å². The van der Waals surface area contributed by atoms with Crippen molar-refractivity contribution in [3.63, 3.8) is 0 Å². The molecular weight excluding hydrogens is 373 g/mol. The van der Waals surface area contributed by atoms with Crippen LogP contribution in [0, 0.1) is 5.82 Å². The Bertz CT molecular complexity index is 930. The van der Waals surface area contributed by atoms with E-state index in [1.54, 1.807) is 17.0 Å². The number of nitrogens with zero attached hydrogens (tertiary/aromatic N) is 5. The molecule has 3 rings (SSSR count). The third-order valence-electron chi connectivity index (χ3n) is 4.77. The third-order valence-corrected chi connectivity index (χ3v) is 6.52. The molecular formula is C17H22FN5O3S. The van der Waals surface area contributed by atoms with Gasteiger partial charge in [-0.1, -0.05) is 19.1 Å². The van der Waals surface area contributed by atoms with Gasteiger partial charge in [0.25, 0.3) is 0 Å². The van der Waals surface area contributed by atoms with Crippen LogP contribution in [0.1, 0.15) is 26.7 Å². The van der Waals surface area contributed by atoms with Crippen molar-refractivity contribution in [2.75, 3.05) is 11.5 Å². The highest BCUT2D eigenvalue weighted by atomic mass is 32.2. The molecule has 8 nitrogen and oxygen atoms in total. The van der Waals surface area contributed by atoms with Crippen LogP contribution in [-0.4, -0.2) is 63.0 Å². The van der Waals surface area contributed by atoms with Crippen molar-refractivity contribution in [2.45, 2.75) is 45.3 Å². The monoisotopic (exact) mass is 395 g/mol. The molecule has 0 radical (unpaired) electrons. The van der Waals surface area contributed by atoms with Gasteiger partial charge in [-0.25, -0.2) is 12.8 Å². The van der Waals surface area contributed by atoms with Crippen molar-refractivity contribution in [3.8, 4) is 11.4 Å². The topological polar surface area (TPSA) is 98.1 Å². The summed E-state index contributed by atoms with van der Waals surface area (Å²) >= 11 is 0. The van der Waals surface area contributed by atoms with E-state index < -0.39 is 15.7 Å². The lowest BCUT2D eigenvalue weighted by Gasteiger charge is -2.33.